The zero-order valence-electron chi connectivity index (χ0n) is 8.91. The molecule has 0 spiro atoms. The minimum Gasteiger partial charge on any atom is -0.481 e. The third kappa shape index (κ3) is 2.15. The van der Waals surface area contributed by atoms with E-state index in [4.69, 9.17) is 5.11 Å². The second-order valence-corrected chi connectivity index (χ2v) is 4.00. The third-order valence-corrected chi connectivity index (χ3v) is 2.74. The molecule has 18 heavy (non-hydrogen) atoms. The lowest BCUT2D eigenvalue weighted by molar-refractivity contribution is -0.139. The number of benzene rings is 1. The number of carboxylic acids is 1. The van der Waals surface area contributed by atoms with Gasteiger partial charge in [0, 0.05) is 0 Å². The van der Waals surface area contributed by atoms with Crippen molar-refractivity contribution in [3.8, 4) is 0 Å². The molecule has 7 heteroatoms. The summed E-state index contributed by atoms with van der Waals surface area (Å²) >= 11 is 0. The van der Waals surface area contributed by atoms with Crippen LogP contribution in [0.5, 0.6) is 0 Å². The molecule has 1 aromatic rings. The fraction of sp³-hybridized carbons (Fsp3) is 0.273. The third-order valence-electron chi connectivity index (χ3n) is 2.74. The Morgan fingerprint density at radius 3 is 2.39 bits per heavy atom. The first-order valence-corrected chi connectivity index (χ1v) is 5.09. The molecule has 1 aliphatic carbocycles. The average molecular weight is 259 g/mol. The smallest absolute Gasteiger partial charge is 0.307 e. The van der Waals surface area contributed by atoms with Crippen molar-refractivity contribution in [1.29, 1.82) is 0 Å². The number of rotatable bonds is 3. The Bertz CT molecular complexity index is 533. The highest BCUT2D eigenvalue weighted by Gasteiger charge is 2.48. The molecule has 2 rings (SSSR count). The van der Waals surface area contributed by atoms with E-state index in [0.717, 1.165) is 6.07 Å². The van der Waals surface area contributed by atoms with E-state index in [9.17, 15) is 22.8 Å². The quantitative estimate of drug-likeness (QED) is 0.813. The lowest BCUT2D eigenvalue weighted by atomic mass is 10.2. The van der Waals surface area contributed by atoms with E-state index in [1.165, 1.54) is 0 Å². The highest BCUT2D eigenvalue weighted by Crippen LogP contribution is 2.39. The highest BCUT2D eigenvalue weighted by molar-refractivity contribution is 5.98. The highest BCUT2D eigenvalue weighted by atomic mass is 19.2. The maximum absolute atomic E-state index is 13.2. The SMILES string of the molecule is O=C(O)C1CC1C(=O)Nc1ccc(F)c(F)c1F. The van der Waals surface area contributed by atoms with Crippen LogP contribution in [0.25, 0.3) is 0 Å². The fourth-order valence-corrected chi connectivity index (χ4v) is 1.61. The fourth-order valence-electron chi connectivity index (χ4n) is 1.61. The topological polar surface area (TPSA) is 66.4 Å². The largest absolute Gasteiger partial charge is 0.481 e. The van der Waals surface area contributed by atoms with Gasteiger partial charge in [-0.3, -0.25) is 9.59 Å². The molecule has 2 N–H and O–H groups in total. The Balaban J connectivity index is 2.09. The summed E-state index contributed by atoms with van der Waals surface area (Å²) in [7, 11) is 0. The van der Waals surface area contributed by atoms with Crippen molar-refractivity contribution in [2.45, 2.75) is 6.42 Å². The van der Waals surface area contributed by atoms with Crippen LogP contribution in [0, 0.1) is 29.3 Å². The molecule has 2 unspecified atom stereocenters. The molecule has 0 bridgehead atoms. The van der Waals surface area contributed by atoms with Gasteiger partial charge < -0.3 is 10.4 Å². The van der Waals surface area contributed by atoms with Gasteiger partial charge in [-0.05, 0) is 18.6 Å². The van der Waals surface area contributed by atoms with E-state index < -0.39 is 46.9 Å². The molecule has 0 saturated heterocycles. The summed E-state index contributed by atoms with van der Waals surface area (Å²) in [5.74, 6) is -7.92. The molecule has 0 aromatic heterocycles. The van der Waals surface area contributed by atoms with Crippen molar-refractivity contribution < 1.29 is 27.9 Å². The van der Waals surface area contributed by atoms with Crippen LogP contribution in [0.2, 0.25) is 0 Å². The van der Waals surface area contributed by atoms with Crippen molar-refractivity contribution >= 4 is 17.6 Å². The summed E-state index contributed by atoms with van der Waals surface area (Å²) in [6.45, 7) is 0. The number of hydrogen-bond donors (Lipinski definition) is 2. The lowest BCUT2D eigenvalue weighted by Gasteiger charge is -2.06. The van der Waals surface area contributed by atoms with Crippen LogP contribution in [-0.4, -0.2) is 17.0 Å². The number of aliphatic carboxylic acids is 1. The molecule has 1 aromatic carbocycles. The van der Waals surface area contributed by atoms with E-state index in [1.54, 1.807) is 0 Å². The van der Waals surface area contributed by atoms with Crippen molar-refractivity contribution in [3.63, 3.8) is 0 Å². The van der Waals surface area contributed by atoms with Gasteiger partial charge in [-0.25, -0.2) is 13.2 Å². The summed E-state index contributed by atoms with van der Waals surface area (Å²) in [6, 6.07) is 1.55. The average Bonchev–Trinajstić information content (AvgIpc) is 3.10. The van der Waals surface area contributed by atoms with Gasteiger partial charge in [0.25, 0.3) is 0 Å². The Kier molecular flexibility index (Phi) is 2.98. The van der Waals surface area contributed by atoms with E-state index in [-0.39, 0.29) is 6.42 Å². The maximum Gasteiger partial charge on any atom is 0.307 e. The summed E-state index contributed by atoms with van der Waals surface area (Å²) in [5.41, 5.74) is -0.505. The number of hydrogen-bond acceptors (Lipinski definition) is 2. The number of carbonyl (C=O) groups is 2. The molecule has 1 saturated carbocycles. The summed E-state index contributed by atoms with van der Waals surface area (Å²) in [4.78, 5) is 22.0. The molecule has 0 radical (unpaired) electrons. The number of amides is 1. The Hall–Kier alpha value is -2.05. The molecule has 1 amide bonds. The summed E-state index contributed by atoms with van der Waals surface area (Å²) in [5, 5.41) is 10.7. The van der Waals surface area contributed by atoms with Gasteiger partial charge in [0.05, 0.1) is 17.5 Å². The van der Waals surface area contributed by atoms with Gasteiger partial charge in [-0.2, -0.15) is 0 Å². The van der Waals surface area contributed by atoms with Crippen LogP contribution in [-0.2, 0) is 9.59 Å². The van der Waals surface area contributed by atoms with Crippen molar-refractivity contribution in [3.05, 3.63) is 29.6 Å². The first-order valence-electron chi connectivity index (χ1n) is 5.09. The predicted molar refractivity (Wildman–Crippen MR) is 54.2 cm³/mol. The van der Waals surface area contributed by atoms with Crippen LogP contribution < -0.4 is 5.32 Å². The molecule has 4 nitrogen and oxygen atoms in total. The molecule has 1 aliphatic rings. The second kappa shape index (κ2) is 4.32. The maximum atomic E-state index is 13.2. The first-order chi connectivity index (χ1) is 8.41. The van der Waals surface area contributed by atoms with Gasteiger partial charge in [0.15, 0.2) is 17.5 Å². The van der Waals surface area contributed by atoms with Crippen molar-refractivity contribution in [2.24, 2.45) is 11.8 Å². The molecular formula is C11H8F3NO3. The van der Waals surface area contributed by atoms with Gasteiger partial charge in [0.1, 0.15) is 0 Å². The predicted octanol–water partition coefficient (Wildman–Crippen LogP) is 1.76. The summed E-state index contributed by atoms with van der Waals surface area (Å²) < 4.78 is 38.7. The number of carbonyl (C=O) groups excluding carboxylic acids is 1. The van der Waals surface area contributed by atoms with E-state index in [0.29, 0.717) is 6.07 Å². The molecule has 0 aliphatic heterocycles. The number of anilines is 1. The van der Waals surface area contributed by atoms with Gasteiger partial charge >= 0.3 is 5.97 Å². The minimum atomic E-state index is -1.68. The number of halogens is 3. The van der Waals surface area contributed by atoms with Crippen LogP contribution in [0.3, 0.4) is 0 Å². The van der Waals surface area contributed by atoms with Crippen LogP contribution in [0.4, 0.5) is 18.9 Å². The standard InChI is InChI=1S/C11H8F3NO3/c12-6-1-2-7(9(14)8(6)13)15-10(16)4-3-5(4)11(17)18/h1-2,4-5H,3H2,(H,15,16)(H,17,18). The zero-order valence-corrected chi connectivity index (χ0v) is 8.91. The van der Waals surface area contributed by atoms with Crippen LogP contribution in [0.15, 0.2) is 12.1 Å². The lowest BCUT2D eigenvalue weighted by Crippen LogP contribution is -2.18. The number of nitrogens with one attached hydrogen (secondary N) is 1. The Morgan fingerprint density at radius 1 is 1.17 bits per heavy atom. The van der Waals surface area contributed by atoms with Crippen LogP contribution in [0.1, 0.15) is 6.42 Å². The van der Waals surface area contributed by atoms with Crippen LogP contribution >= 0.6 is 0 Å². The minimum absolute atomic E-state index is 0.159. The molecular weight excluding hydrogens is 251 g/mol. The first kappa shape index (κ1) is 12.4. The van der Waals surface area contributed by atoms with Gasteiger partial charge in [-0.15, -0.1) is 0 Å². The molecule has 96 valence electrons. The molecule has 0 heterocycles. The Labute approximate surface area is 99.4 Å². The van der Waals surface area contributed by atoms with E-state index in [2.05, 4.69) is 0 Å². The normalized spacial score (nSPS) is 21.5. The molecule has 2 atom stereocenters. The zero-order chi connectivity index (χ0) is 13.4. The van der Waals surface area contributed by atoms with Gasteiger partial charge in [-0.1, -0.05) is 0 Å². The Morgan fingerprint density at radius 2 is 1.83 bits per heavy atom. The number of carboxylic acid groups (broad SMARTS) is 1. The van der Waals surface area contributed by atoms with E-state index >= 15 is 0 Å². The second-order valence-electron chi connectivity index (χ2n) is 4.00. The van der Waals surface area contributed by atoms with E-state index in [1.807, 2.05) is 5.32 Å². The van der Waals surface area contributed by atoms with Gasteiger partial charge in [0.2, 0.25) is 5.91 Å². The van der Waals surface area contributed by atoms with Crippen molar-refractivity contribution in [1.82, 2.24) is 0 Å². The van der Waals surface area contributed by atoms with Crippen molar-refractivity contribution in [2.75, 3.05) is 5.32 Å². The summed E-state index contributed by atoms with van der Waals surface area (Å²) in [6.07, 6.45) is 0.159. The molecule has 1 fully saturated rings. The monoisotopic (exact) mass is 259 g/mol.